The van der Waals surface area contributed by atoms with Crippen molar-refractivity contribution in [2.75, 3.05) is 0 Å². The lowest BCUT2D eigenvalue weighted by Crippen LogP contribution is -2.46. The molecule has 0 saturated heterocycles. The highest BCUT2D eigenvalue weighted by Crippen LogP contribution is 2.18. The Hall–Kier alpha value is -2.83. The van der Waals surface area contributed by atoms with Crippen molar-refractivity contribution in [2.45, 2.75) is 32.9 Å². The molecule has 0 aliphatic carbocycles. The molecule has 122 valence electrons. The average molecular weight is 317 g/mol. The average Bonchev–Trinajstić information content (AvgIpc) is 2.90. The molecular weight excluding hydrogens is 298 g/mol. The van der Waals surface area contributed by atoms with Gasteiger partial charge in [-0.1, -0.05) is 18.2 Å². The summed E-state index contributed by atoms with van der Waals surface area (Å²) in [5.74, 6) is -1.31. The van der Waals surface area contributed by atoms with E-state index in [0.29, 0.717) is 10.9 Å². The molecule has 0 saturated carbocycles. The van der Waals surface area contributed by atoms with Gasteiger partial charge in [0.25, 0.3) is 5.91 Å². The highest BCUT2D eigenvalue weighted by atomic mass is 16.5. The second kappa shape index (κ2) is 6.95. The fourth-order valence-corrected chi connectivity index (χ4v) is 2.03. The van der Waals surface area contributed by atoms with Crippen LogP contribution in [-0.2, 0) is 9.53 Å². The number of rotatable bonds is 4. The number of carbonyl (C=O) groups excluding carboxylic acids is 3. The molecule has 7 nitrogen and oxygen atoms in total. The Bertz CT molecular complexity index is 736. The maximum Gasteiger partial charge on any atom is 0.341 e. The molecule has 1 aromatic carbocycles. The summed E-state index contributed by atoms with van der Waals surface area (Å²) >= 11 is 0. The normalized spacial score (nSPS) is 12.0. The Labute approximate surface area is 133 Å². The van der Waals surface area contributed by atoms with Gasteiger partial charge < -0.3 is 15.0 Å². The molecule has 0 aliphatic heterocycles. The molecule has 1 aromatic heterocycles. The summed E-state index contributed by atoms with van der Waals surface area (Å²) in [7, 11) is 0. The fourth-order valence-electron chi connectivity index (χ4n) is 2.03. The lowest BCUT2D eigenvalue weighted by atomic mass is 10.2. The van der Waals surface area contributed by atoms with Gasteiger partial charge in [0.1, 0.15) is 0 Å². The third-order valence-corrected chi connectivity index (χ3v) is 3.12. The van der Waals surface area contributed by atoms with Crippen molar-refractivity contribution in [3.63, 3.8) is 0 Å². The van der Waals surface area contributed by atoms with Gasteiger partial charge in [-0.2, -0.15) is 0 Å². The van der Waals surface area contributed by atoms with Gasteiger partial charge in [0.2, 0.25) is 0 Å². The Morgan fingerprint density at radius 1 is 1.13 bits per heavy atom. The molecule has 1 heterocycles. The van der Waals surface area contributed by atoms with E-state index in [0.717, 1.165) is 5.52 Å². The fraction of sp³-hybridized carbons (Fsp3) is 0.312. The van der Waals surface area contributed by atoms with Crippen LogP contribution in [0.4, 0.5) is 4.79 Å². The zero-order valence-corrected chi connectivity index (χ0v) is 13.2. The van der Waals surface area contributed by atoms with Crippen LogP contribution in [0.2, 0.25) is 0 Å². The summed E-state index contributed by atoms with van der Waals surface area (Å²) in [6.07, 6.45) is 0.442. The number of H-pyrrole nitrogens is 1. The van der Waals surface area contributed by atoms with E-state index in [1.807, 2.05) is 12.1 Å². The number of hydrogen-bond donors (Lipinski definition) is 3. The SMILES string of the molecule is CC(C)NC(=O)NC(=O)[C@@H](C)OC(=O)c1c[nH]c2ccccc12. The van der Waals surface area contributed by atoms with Crippen LogP contribution in [0.15, 0.2) is 30.5 Å². The summed E-state index contributed by atoms with van der Waals surface area (Å²) in [5.41, 5.74) is 1.14. The van der Waals surface area contributed by atoms with Gasteiger partial charge in [0.05, 0.1) is 5.56 Å². The Morgan fingerprint density at radius 3 is 2.52 bits per heavy atom. The number of imide groups is 1. The first-order valence-electron chi connectivity index (χ1n) is 7.27. The molecule has 3 N–H and O–H groups in total. The standard InChI is InChI=1S/C16H19N3O4/c1-9(2)18-16(22)19-14(20)10(3)23-15(21)12-8-17-13-7-5-4-6-11(12)13/h4-10,17H,1-3H3,(H2,18,19,20,22)/t10-/m1/s1. The monoisotopic (exact) mass is 317 g/mol. The van der Waals surface area contributed by atoms with E-state index in [2.05, 4.69) is 15.6 Å². The Kier molecular flexibility index (Phi) is 5.00. The molecule has 3 amide bonds. The molecule has 0 aliphatic rings. The third kappa shape index (κ3) is 4.09. The van der Waals surface area contributed by atoms with Crippen molar-refractivity contribution in [1.82, 2.24) is 15.6 Å². The van der Waals surface area contributed by atoms with Crippen LogP contribution >= 0.6 is 0 Å². The van der Waals surface area contributed by atoms with Gasteiger partial charge in [0.15, 0.2) is 6.10 Å². The Morgan fingerprint density at radius 2 is 1.83 bits per heavy atom. The molecule has 0 unspecified atom stereocenters. The molecule has 0 fully saturated rings. The molecule has 2 rings (SSSR count). The van der Waals surface area contributed by atoms with Crippen LogP contribution in [-0.4, -0.2) is 35.0 Å². The second-order valence-corrected chi connectivity index (χ2v) is 5.41. The molecule has 2 aromatic rings. The van der Waals surface area contributed by atoms with Crippen LogP contribution < -0.4 is 10.6 Å². The zero-order valence-electron chi connectivity index (χ0n) is 13.2. The molecule has 0 bridgehead atoms. The maximum atomic E-state index is 12.2. The van der Waals surface area contributed by atoms with E-state index in [9.17, 15) is 14.4 Å². The lowest BCUT2D eigenvalue weighted by Gasteiger charge is -2.14. The largest absolute Gasteiger partial charge is 0.449 e. The number of amides is 3. The number of para-hydroxylation sites is 1. The number of urea groups is 1. The summed E-state index contributed by atoms with van der Waals surface area (Å²) in [4.78, 5) is 38.5. The van der Waals surface area contributed by atoms with Gasteiger partial charge >= 0.3 is 12.0 Å². The number of ether oxygens (including phenoxy) is 1. The van der Waals surface area contributed by atoms with Crippen molar-refractivity contribution in [1.29, 1.82) is 0 Å². The van der Waals surface area contributed by atoms with Gasteiger partial charge in [-0.15, -0.1) is 0 Å². The molecular formula is C16H19N3O4. The summed E-state index contributed by atoms with van der Waals surface area (Å²) < 4.78 is 5.12. The van der Waals surface area contributed by atoms with Crippen molar-refractivity contribution in [2.24, 2.45) is 0 Å². The number of esters is 1. The zero-order chi connectivity index (χ0) is 17.0. The molecule has 1 atom stereocenters. The predicted octanol–water partition coefficient (Wildman–Crippen LogP) is 1.95. The molecule has 23 heavy (non-hydrogen) atoms. The minimum absolute atomic E-state index is 0.105. The summed E-state index contributed by atoms with van der Waals surface area (Å²) in [6.45, 7) is 4.94. The van der Waals surface area contributed by atoms with Crippen LogP contribution in [0.3, 0.4) is 0 Å². The first-order valence-corrected chi connectivity index (χ1v) is 7.27. The second-order valence-electron chi connectivity index (χ2n) is 5.41. The van der Waals surface area contributed by atoms with E-state index in [1.165, 1.54) is 13.1 Å². The highest BCUT2D eigenvalue weighted by molar-refractivity contribution is 6.05. The number of nitrogens with one attached hydrogen (secondary N) is 3. The number of aromatic amines is 1. The van der Waals surface area contributed by atoms with Crippen molar-refractivity contribution in [3.8, 4) is 0 Å². The lowest BCUT2D eigenvalue weighted by molar-refractivity contribution is -0.127. The molecule has 7 heteroatoms. The summed E-state index contributed by atoms with van der Waals surface area (Å²) in [5, 5.41) is 5.35. The maximum absolute atomic E-state index is 12.2. The smallest absolute Gasteiger partial charge is 0.341 e. The van der Waals surface area contributed by atoms with Gasteiger partial charge in [0, 0.05) is 23.1 Å². The molecule has 0 spiro atoms. The Balaban J connectivity index is 1.99. The number of hydrogen-bond acceptors (Lipinski definition) is 4. The van der Waals surface area contributed by atoms with Gasteiger partial charge in [-0.3, -0.25) is 10.1 Å². The quantitative estimate of drug-likeness (QED) is 0.750. The van der Waals surface area contributed by atoms with E-state index in [4.69, 9.17) is 4.74 Å². The van der Waals surface area contributed by atoms with E-state index in [-0.39, 0.29) is 6.04 Å². The number of benzene rings is 1. The number of aromatic nitrogens is 1. The van der Waals surface area contributed by atoms with Crippen LogP contribution in [0.25, 0.3) is 10.9 Å². The molecule has 0 radical (unpaired) electrons. The van der Waals surface area contributed by atoms with E-state index in [1.54, 1.807) is 26.0 Å². The first-order chi connectivity index (χ1) is 10.9. The number of fused-ring (bicyclic) bond motifs is 1. The number of carbonyl (C=O) groups is 3. The van der Waals surface area contributed by atoms with Gasteiger partial charge in [-0.25, -0.2) is 9.59 Å². The predicted molar refractivity (Wildman–Crippen MR) is 85.0 cm³/mol. The highest BCUT2D eigenvalue weighted by Gasteiger charge is 2.22. The van der Waals surface area contributed by atoms with E-state index < -0.39 is 24.0 Å². The van der Waals surface area contributed by atoms with Gasteiger partial charge in [-0.05, 0) is 26.8 Å². The third-order valence-electron chi connectivity index (χ3n) is 3.12. The minimum atomic E-state index is -1.09. The topological polar surface area (TPSA) is 100 Å². The van der Waals surface area contributed by atoms with Crippen molar-refractivity contribution < 1.29 is 19.1 Å². The summed E-state index contributed by atoms with van der Waals surface area (Å²) in [6, 6.07) is 6.53. The van der Waals surface area contributed by atoms with Crippen molar-refractivity contribution in [3.05, 3.63) is 36.0 Å². The van der Waals surface area contributed by atoms with Crippen molar-refractivity contribution >= 4 is 28.8 Å². The minimum Gasteiger partial charge on any atom is -0.449 e. The van der Waals surface area contributed by atoms with E-state index >= 15 is 0 Å². The van der Waals surface area contributed by atoms with Crippen LogP contribution in [0.5, 0.6) is 0 Å². The van der Waals surface area contributed by atoms with Crippen LogP contribution in [0, 0.1) is 0 Å². The van der Waals surface area contributed by atoms with Crippen LogP contribution in [0.1, 0.15) is 31.1 Å². The first kappa shape index (κ1) is 16.5.